The highest BCUT2D eigenvalue weighted by molar-refractivity contribution is 9.28. The zero-order valence-corrected chi connectivity index (χ0v) is 9.96. The molecule has 0 radical (unpaired) electrons. The van der Waals surface area contributed by atoms with Crippen LogP contribution < -0.4 is 0 Å². The Kier molecular flexibility index (Phi) is 3.75. The molecular formula is C7H7Br2NS. The third-order valence-corrected chi connectivity index (χ3v) is 2.70. The maximum Gasteiger partial charge on any atom is 0.117 e. The fourth-order valence-corrected chi connectivity index (χ4v) is 2.18. The van der Waals surface area contributed by atoms with Crippen LogP contribution in [0.4, 0.5) is 0 Å². The first-order valence-electron chi connectivity index (χ1n) is 3.19. The molecule has 0 saturated carbocycles. The van der Waals surface area contributed by atoms with E-state index >= 15 is 0 Å². The second kappa shape index (κ2) is 4.38. The van der Waals surface area contributed by atoms with E-state index in [1.807, 2.05) is 12.3 Å². The Labute approximate surface area is 86.8 Å². The number of hydrogen-bond acceptors (Lipinski definition) is 2. The Bertz CT molecular complexity index is 263. The molecule has 0 aromatic carbocycles. The third kappa shape index (κ3) is 3.05. The molecule has 0 unspecified atom stereocenters. The van der Waals surface area contributed by atoms with Crippen molar-refractivity contribution >= 4 is 49.3 Å². The molecule has 1 aromatic heterocycles. The van der Waals surface area contributed by atoms with Crippen molar-refractivity contribution in [3.8, 4) is 0 Å². The summed E-state index contributed by atoms with van der Waals surface area (Å²) in [5.41, 5.74) is 0. The first kappa shape index (κ1) is 9.42. The van der Waals surface area contributed by atoms with E-state index in [9.17, 15) is 0 Å². The first-order valence-corrected chi connectivity index (χ1v) is 5.60. The van der Waals surface area contributed by atoms with Gasteiger partial charge in [0.05, 0.1) is 3.39 Å². The molecule has 0 aliphatic carbocycles. The van der Waals surface area contributed by atoms with Crippen LogP contribution in [-0.2, 0) is 6.42 Å². The number of rotatable bonds is 2. The summed E-state index contributed by atoms with van der Waals surface area (Å²) in [6.45, 7) is 2.13. The molecule has 0 N–H and O–H groups in total. The van der Waals surface area contributed by atoms with E-state index in [0.717, 1.165) is 14.8 Å². The fourth-order valence-electron chi connectivity index (χ4n) is 0.646. The van der Waals surface area contributed by atoms with Gasteiger partial charge in [0.1, 0.15) is 5.01 Å². The summed E-state index contributed by atoms with van der Waals surface area (Å²) in [6.07, 6.45) is 4.93. The molecule has 60 valence electrons. The molecule has 0 atom stereocenters. The van der Waals surface area contributed by atoms with Gasteiger partial charge in [0.2, 0.25) is 0 Å². The van der Waals surface area contributed by atoms with Gasteiger partial charge >= 0.3 is 0 Å². The number of thiazole rings is 1. The average molecular weight is 297 g/mol. The van der Waals surface area contributed by atoms with Crippen LogP contribution in [0.5, 0.6) is 0 Å². The maximum atomic E-state index is 4.21. The predicted octanol–water partition coefficient (Wildman–Crippen LogP) is 3.79. The van der Waals surface area contributed by atoms with Crippen LogP contribution in [0.15, 0.2) is 9.59 Å². The largest absolute Gasteiger partial charge is 0.245 e. The SMILES string of the molecule is CCc1cnc(C=C(Br)Br)s1. The van der Waals surface area contributed by atoms with Crippen LogP contribution in [0.1, 0.15) is 16.8 Å². The van der Waals surface area contributed by atoms with Crippen molar-refractivity contribution in [3.05, 3.63) is 19.5 Å². The van der Waals surface area contributed by atoms with Crippen LogP contribution in [0.2, 0.25) is 0 Å². The van der Waals surface area contributed by atoms with Gasteiger partial charge in [-0.05, 0) is 44.4 Å². The number of aryl methyl sites for hydroxylation is 1. The normalized spacial score (nSPS) is 9.73. The van der Waals surface area contributed by atoms with Gasteiger partial charge in [-0.15, -0.1) is 11.3 Å². The van der Waals surface area contributed by atoms with Crippen molar-refractivity contribution in [1.29, 1.82) is 0 Å². The van der Waals surface area contributed by atoms with Crippen LogP contribution in [0.3, 0.4) is 0 Å². The van der Waals surface area contributed by atoms with Crippen molar-refractivity contribution in [2.45, 2.75) is 13.3 Å². The van der Waals surface area contributed by atoms with Gasteiger partial charge in [-0.25, -0.2) is 4.98 Å². The van der Waals surface area contributed by atoms with Crippen molar-refractivity contribution < 1.29 is 0 Å². The summed E-state index contributed by atoms with van der Waals surface area (Å²) in [5.74, 6) is 0. The second-order valence-electron chi connectivity index (χ2n) is 1.95. The van der Waals surface area contributed by atoms with Crippen LogP contribution in [0, 0.1) is 0 Å². The molecule has 1 heterocycles. The molecule has 11 heavy (non-hydrogen) atoms. The molecule has 0 aliphatic heterocycles. The molecular weight excluding hydrogens is 290 g/mol. The first-order chi connectivity index (χ1) is 5.22. The summed E-state index contributed by atoms with van der Waals surface area (Å²) in [4.78, 5) is 5.53. The van der Waals surface area contributed by atoms with Crippen LogP contribution in [0.25, 0.3) is 6.08 Å². The van der Waals surface area contributed by atoms with Gasteiger partial charge in [-0.2, -0.15) is 0 Å². The maximum absolute atomic E-state index is 4.21. The molecule has 1 aromatic rings. The molecule has 4 heteroatoms. The Morgan fingerprint density at radius 1 is 1.73 bits per heavy atom. The van der Waals surface area contributed by atoms with E-state index in [1.165, 1.54) is 4.88 Å². The summed E-state index contributed by atoms with van der Waals surface area (Å²) in [5, 5.41) is 1.03. The highest BCUT2D eigenvalue weighted by atomic mass is 79.9. The van der Waals surface area contributed by atoms with Gasteiger partial charge < -0.3 is 0 Å². The number of aromatic nitrogens is 1. The quantitative estimate of drug-likeness (QED) is 0.809. The summed E-state index contributed by atoms with van der Waals surface area (Å²) >= 11 is 8.29. The molecule has 0 amide bonds. The summed E-state index contributed by atoms with van der Waals surface area (Å²) < 4.78 is 0.932. The van der Waals surface area contributed by atoms with Gasteiger partial charge in [0.15, 0.2) is 0 Å². The predicted molar refractivity (Wildman–Crippen MR) is 57.3 cm³/mol. The third-order valence-electron chi connectivity index (χ3n) is 1.15. The molecule has 0 spiro atoms. The van der Waals surface area contributed by atoms with Crippen LogP contribution >= 0.6 is 43.2 Å². The van der Waals surface area contributed by atoms with E-state index < -0.39 is 0 Å². The Morgan fingerprint density at radius 3 is 2.91 bits per heavy atom. The topological polar surface area (TPSA) is 12.9 Å². The smallest absolute Gasteiger partial charge is 0.117 e. The van der Waals surface area contributed by atoms with Gasteiger partial charge in [-0.1, -0.05) is 6.92 Å². The highest BCUT2D eigenvalue weighted by Gasteiger charge is 1.96. The monoisotopic (exact) mass is 295 g/mol. The average Bonchev–Trinajstić information content (AvgIpc) is 2.34. The van der Waals surface area contributed by atoms with E-state index in [2.05, 4.69) is 43.8 Å². The van der Waals surface area contributed by atoms with Gasteiger partial charge in [-0.3, -0.25) is 0 Å². The molecule has 0 bridgehead atoms. The van der Waals surface area contributed by atoms with Crippen molar-refractivity contribution in [3.63, 3.8) is 0 Å². The van der Waals surface area contributed by atoms with E-state index in [4.69, 9.17) is 0 Å². The Hall–Kier alpha value is 0.330. The van der Waals surface area contributed by atoms with Crippen molar-refractivity contribution in [1.82, 2.24) is 4.98 Å². The Balaban J connectivity index is 2.81. The minimum Gasteiger partial charge on any atom is -0.245 e. The second-order valence-corrected chi connectivity index (χ2v) is 5.87. The van der Waals surface area contributed by atoms with Crippen molar-refractivity contribution in [2.75, 3.05) is 0 Å². The molecule has 0 fully saturated rings. The summed E-state index contributed by atoms with van der Waals surface area (Å²) in [7, 11) is 0. The van der Waals surface area contributed by atoms with E-state index in [-0.39, 0.29) is 0 Å². The highest BCUT2D eigenvalue weighted by Crippen LogP contribution is 2.21. The van der Waals surface area contributed by atoms with E-state index in [0.29, 0.717) is 0 Å². The van der Waals surface area contributed by atoms with E-state index in [1.54, 1.807) is 11.3 Å². The molecule has 0 aliphatic rings. The minimum absolute atomic E-state index is 0.932. The van der Waals surface area contributed by atoms with Crippen molar-refractivity contribution in [2.24, 2.45) is 0 Å². The zero-order valence-electron chi connectivity index (χ0n) is 5.97. The van der Waals surface area contributed by atoms with Gasteiger partial charge in [0.25, 0.3) is 0 Å². The zero-order chi connectivity index (χ0) is 8.27. The van der Waals surface area contributed by atoms with Gasteiger partial charge in [0, 0.05) is 11.1 Å². The lowest BCUT2D eigenvalue weighted by Crippen LogP contribution is -1.64. The molecule has 0 saturated heterocycles. The number of halogens is 2. The standard InChI is InChI=1S/C7H7Br2NS/c1-2-5-4-10-7(11-5)3-6(8)9/h3-4H,2H2,1H3. The Morgan fingerprint density at radius 2 is 2.45 bits per heavy atom. The summed E-state index contributed by atoms with van der Waals surface area (Å²) in [6, 6.07) is 0. The molecule has 1 nitrogen and oxygen atoms in total. The molecule has 1 rings (SSSR count). The fraction of sp³-hybridized carbons (Fsp3) is 0.286. The lowest BCUT2D eigenvalue weighted by molar-refractivity contribution is 1.17. The number of hydrogen-bond donors (Lipinski definition) is 0. The lowest BCUT2D eigenvalue weighted by Gasteiger charge is -1.82. The number of nitrogens with zero attached hydrogens (tertiary/aromatic N) is 1. The lowest BCUT2D eigenvalue weighted by atomic mass is 10.4. The van der Waals surface area contributed by atoms with Crippen LogP contribution in [-0.4, -0.2) is 4.98 Å². The minimum atomic E-state index is 0.932.